The molecule has 0 unspecified atom stereocenters. The summed E-state index contributed by atoms with van der Waals surface area (Å²) in [5.74, 6) is 0.778. The third kappa shape index (κ3) is 2.14. The second kappa shape index (κ2) is 4.12. The number of hydrogen-bond donors (Lipinski definition) is 0. The Morgan fingerprint density at radius 2 is 2.14 bits per heavy atom. The molecular formula is C13H20O. The minimum absolute atomic E-state index is 0.102. The van der Waals surface area contributed by atoms with E-state index in [-0.39, 0.29) is 17.1 Å². The first kappa shape index (κ1) is 11.2. The van der Waals surface area contributed by atoms with Gasteiger partial charge >= 0.3 is 0 Å². The maximum absolute atomic E-state index is 11.9. The van der Waals surface area contributed by atoms with E-state index < -0.39 is 0 Å². The molecule has 0 amide bonds. The lowest BCUT2D eigenvalue weighted by Gasteiger charge is -2.38. The van der Waals surface area contributed by atoms with Crippen molar-refractivity contribution in [1.82, 2.24) is 0 Å². The molecule has 0 N–H and O–H groups in total. The predicted molar refractivity (Wildman–Crippen MR) is 60.0 cm³/mol. The van der Waals surface area contributed by atoms with Gasteiger partial charge in [0.2, 0.25) is 0 Å². The molecule has 0 saturated carbocycles. The summed E-state index contributed by atoms with van der Waals surface area (Å²) in [6, 6.07) is 0. The molecule has 1 heteroatoms. The lowest BCUT2D eigenvalue weighted by molar-refractivity contribution is -0.123. The fourth-order valence-electron chi connectivity index (χ4n) is 2.45. The maximum Gasteiger partial charge on any atom is 0.159 e. The van der Waals surface area contributed by atoms with Crippen LogP contribution in [-0.4, -0.2) is 5.78 Å². The molecule has 0 spiro atoms. The molecule has 0 fully saturated rings. The Bertz CT molecular complexity index is 271. The highest BCUT2D eigenvalue weighted by Crippen LogP contribution is 2.41. The summed E-state index contributed by atoms with van der Waals surface area (Å²) in [5.41, 5.74) is 0.102. The predicted octanol–water partition coefficient (Wildman–Crippen LogP) is 3.37. The van der Waals surface area contributed by atoms with Crippen LogP contribution in [0.15, 0.2) is 24.3 Å². The van der Waals surface area contributed by atoms with Gasteiger partial charge in [0, 0.05) is 5.92 Å². The molecule has 1 aliphatic rings. The number of carbonyl (C=O) groups is 1. The molecule has 1 rings (SSSR count). The molecule has 1 nitrogen and oxygen atoms in total. The Balaban J connectivity index is 2.93. The third-order valence-corrected chi connectivity index (χ3v) is 3.09. The summed E-state index contributed by atoms with van der Waals surface area (Å²) in [5, 5.41) is 0. The van der Waals surface area contributed by atoms with E-state index >= 15 is 0 Å². The van der Waals surface area contributed by atoms with Crippen molar-refractivity contribution in [2.24, 2.45) is 17.3 Å². The minimum Gasteiger partial charge on any atom is -0.295 e. The van der Waals surface area contributed by atoms with Gasteiger partial charge in [-0.05, 0) is 30.8 Å². The molecule has 78 valence electrons. The average Bonchev–Trinajstić information content (AvgIpc) is 2.02. The van der Waals surface area contributed by atoms with Crippen LogP contribution in [0.1, 0.15) is 34.1 Å². The Labute approximate surface area is 86.9 Å². The van der Waals surface area contributed by atoms with Gasteiger partial charge in [-0.3, -0.25) is 4.79 Å². The van der Waals surface area contributed by atoms with E-state index in [0.717, 1.165) is 6.42 Å². The first-order chi connectivity index (χ1) is 6.49. The van der Waals surface area contributed by atoms with E-state index in [1.54, 1.807) is 6.08 Å². The molecule has 14 heavy (non-hydrogen) atoms. The largest absolute Gasteiger partial charge is 0.295 e. The van der Waals surface area contributed by atoms with Gasteiger partial charge in [0.1, 0.15) is 0 Å². The molecular weight excluding hydrogens is 172 g/mol. The number of rotatable bonds is 2. The van der Waals surface area contributed by atoms with E-state index in [1.165, 1.54) is 0 Å². The lowest BCUT2D eigenvalue weighted by atomic mass is 9.65. The van der Waals surface area contributed by atoms with Crippen molar-refractivity contribution >= 4 is 5.78 Å². The van der Waals surface area contributed by atoms with Gasteiger partial charge in [-0.25, -0.2) is 0 Å². The quantitative estimate of drug-likeness (QED) is 0.484. The van der Waals surface area contributed by atoms with Gasteiger partial charge in [0.15, 0.2) is 5.78 Å². The van der Waals surface area contributed by atoms with Crippen LogP contribution < -0.4 is 0 Å². The summed E-state index contributed by atoms with van der Waals surface area (Å²) >= 11 is 0. The fourth-order valence-corrected chi connectivity index (χ4v) is 2.45. The van der Waals surface area contributed by atoms with Crippen molar-refractivity contribution in [3.8, 4) is 0 Å². The standard InChI is InChI=1S/C13H20O/c1-5-7-11(14)12-10(2)8-6-9-13(12,3)4/h5-8,10,12H,9H2,1-4H3/b7-5+/t10-,12+/m0/s1. The molecule has 0 aromatic carbocycles. The molecule has 0 radical (unpaired) electrons. The summed E-state index contributed by atoms with van der Waals surface area (Å²) in [6.45, 7) is 8.38. The van der Waals surface area contributed by atoms with E-state index in [1.807, 2.05) is 13.0 Å². The van der Waals surface area contributed by atoms with Crippen LogP contribution in [0.5, 0.6) is 0 Å². The highest BCUT2D eigenvalue weighted by molar-refractivity contribution is 5.92. The van der Waals surface area contributed by atoms with Gasteiger partial charge in [0.05, 0.1) is 0 Å². The Morgan fingerprint density at radius 3 is 2.64 bits per heavy atom. The summed E-state index contributed by atoms with van der Waals surface area (Å²) < 4.78 is 0. The normalized spacial score (nSPS) is 30.9. The third-order valence-electron chi connectivity index (χ3n) is 3.09. The monoisotopic (exact) mass is 192 g/mol. The first-order valence-electron chi connectivity index (χ1n) is 5.32. The molecule has 0 saturated heterocycles. The fraction of sp³-hybridized carbons (Fsp3) is 0.615. The number of allylic oxidation sites excluding steroid dienone is 4. The second-order valence-electron chi connectivity index (χ2n) is 4.86. The van der Waals surface area contributed by atoms with Crippen LogP contribution in [0, 0.1) is 17.3 Å². The van der Waals surface area contributed by atoms with Gasteiger partial charge in [-0.15, -0.1) is 0 Å². The molecule has 0 bridgehead atoms. The highest BCUT2D eigenvalue weighted by atomic mass is 16.1. The number of carbonyl (C=O) groups excluding carboxylic acids is 1. The number of hydrogen-bond acceptors (Lipinski definition) is 1. The topological polar surface area (TPSA) is 17.1 Å². The summed E-state index contributed by atoms with van der Waals surface area (Å²) in [6.07, 6.45) is 8.91. The Hall–Kier alpha value is -0.850. The molecule has 0 heterocycles. The molecule has 2 atom stereocenters. The van der Waals surface area contributed by atoms with Crippen LogP contribution >= 0.6 is 0 Å². The van der Waals surface area contributed by atoms with E-state index in [9.17, 15) is 4.79 Å². The van der Waals surface area contributed by atoms with Crippen LogP contribution in [0.25, 0.3) is 0 Å². The zero-order chi connectivity index (χ0) is 10.8. The maximum atomic E-state index is 11.9. The SMILES string of the molecule is C/C=C/C(=O)[C@H]1[C@@H](C)C=CCC1(C)C. The zero-order valence-corrected chi connectivity index (χ0v) is 9.58. The Morgan fingerprint density at radius 1 is 1.50 bits per heavy atom. The van der Waals surface area contributed by atoms with E-state index in [2.05, 4.69) is 32.9 Å². The van der Waals surface area contributed by atoms with Crippen molar-refractivity contribution < 1.29 is 4.79 Å². The lowest BCUT2D eigenvalue weighted by Crippen LogP contribution is -2.36. The van der Waals surface area contributed by atoms with E-state index in [0.29, 0.717) is 5.92 Å². The van der Waals surface area contributed by atoms with Gasteiger partial charge in [0.25, 0.3) is 0 Å². The second-order valence-corrected chi connectivity index (χ2v) is 4.86. The minimum atomic E-state index is 0.102. The van der Waals surface area contributed by atoms with E-state index in [4.69, 9.17) is 0 Å². The molecule has 1 aliphatic carbocycles. The van der Waals surface area contributed by atoms with Crippen molar-refractivity contribution in [3.63, 3.8) is 0 Å². The van der Waals surface area contributed by atoms with Gasteiger partial charge < -0.3 is 0 Å². The van der Waals surface area contributed by atoms with Crippen molar-refractivity contribution in [1.29, 1.82) is 0 Å². The van der Waals surface area contributed by atoms with Crippen molar-refractivity contribution in [3.05, 3.63) is 24.3 Å². The zero-order valence-electron chi connectivity index (χ0n) is 9.58. The van der Waals surface area contributed by atoms with Crippen LogP contribution in [0.4, 0.5) is 0 Å². The summed E-state index contributed by atoms with van der Waals surface area (Å²) in [7, 11) is 0. The van der Waals surface area contributed by atoms with Crippen molar-refractivity contribution in [2.75, 3.05) is 0 Å². The average molecular weight is 192 g/mol. The van der Waals surface area contributed by atoms with Crippen LogP contribution in [0.2, 0.25) is 0 Å². The van der Waals surface area contributed by atoms with Gasteiger partial charge in [-0.2, -0.15) is 0 Å². The Kier molecular flexibility index (Phi) is 3.30. The van der Waals surface area contributed by atoms with Crippen LogP contribution in [0.3, 0.4) is 0 Å². The van der Waals surface area contributed by atoms with Crippen LogP contribution in [-0.2, 0) is 4.79 Å². The summed E-state index contributed by atoms with van der Waals surface area (Å²) in [4.78, 5) is 11.9. The number of ketones is 1. The van der Waals surface area contributed by atoms with Crippen molar-refractivity contribution in [2.45, 2.75) is 34.1 Å². The smallest absolute Gasteiger partial charge is 0.159 e. The highest BCUT2D eigenvalue weighted by Gasteiger charge is 2.38. The molecule has 0 aromatic heterocycles. The molecule has 0 aromatic rings. The molecule has 0 aliphatic heterocycles. The van der Waals surface area contributed by atoms with Gasteiger partial charge in [-0.1, -0.05) is 39.0 Å². The first-order valence-corrected chi connectivity index (χ1v) is 5.32.